The van der Waals surface area contributed by atoms with Gasteiger partial charge in [0.2, 0.25) is 0 Å². The van der Waals surface area contributed by atoms with Gasteiger partial charge in [0.25, 0.3) is 0 Å². The first-order valence-corrected chi connectivity index (χ1v) is 13.5. The maximum Gasteiger partial charge on any atom is 0.0987 e. The van der Waals surface area contributed by atoms with Crippen molar-refractivity contribution in [1.29, 1.82) is 0 Å². The average Bonchev–Trinajstić information content (AvgIpc) is 2.81. The van der Waals surface area contributed by atoms with Crippen LogP contribution in [0.1, 0.15) is 114 Å². The van der Waals surface area contributed by atoms with Gasteiger partial charge in [-0.25, -0.2) is 0 Å². The summed E-state index contributed by atoms with van der Waals surface area (Å²) in [4.78, 5) is 5.35. The molecule has 31 heavy (non-hydrogen) atoms. The summed E-state index contributed by atoms with van der Waals surface area (Å²) in [7, 11) is 0. The summed E-state index contributed by atoms with van der Waals surface area (Å²) >= 11 is 6.22. The van der Waals surface area contributed by atoms with Gasteiger partial charge in [0, 0.05) is 29.6 Å². The van der Waals surface area contributed by atoms with Crippen LogP contribution in [0.4, 0.5) is 0 Å². The lowest BCUT2D eigenvalue weighted by molar-refractivity contribution is 0.338. The van der Waals surface area contributed by atoms with Gasteiger partial charge in [0.15, 0.2) is 0 Å². The van der Waals surface area contributed by atoms with Crippen LogP contribution >= 0.6 is 11.6 Å². The minimum absolute atomic E-state index is 0.304. The Bertz CT molecular complexity index is 668. The van der Waals surface area contributed by atoms with Crippen molar-refractivity contribution >= 4 is 17.4 Å². The maximum absolute atomic E-state index is 6.22. The third kappa shape index (κ3) is 7.49. The third-order valence-electron chi connectivity index (χ3n) is 7.60. The Morgan fingerprint density at radius 3 is 1.94 bits per heavy atom. The molecule has 3 aliphatic carbocycles. The Kier molecular flexibility index (Phi) is 9.13. The van der Waals surface area contributed by atoms with Crippen LogP contribution in [0.5, 0.6) is 0 Å². The minimum Gasteiger partial charge on any atom is -0.371 e. The molecule has 3 saturated carbocycles. The molecule has 0 aromatic heterocycles. The van der Waals surface area contributed by atoms with Crippen LogP contribution in [0.25, 0.3) is 0 Å². The van der Waals surface area contributed by atoms with E-state index < -0.39 is 0 Å². The maximum atomic E-state index is 6.22. The standard InChI is InChI=1S/C27H42ClN3/c28-22-18-16-21(17-19-22)26(29-23-10-4-1-5-11-23)20-27(30-24-12-6-2-7-13-24)31-25-14-8-3-9-15-25/h16-19,23-26,29H,1-15,20H2,(H,30,31). The molecule has 0 amide bonds. The molecule has 0 heterocycles. The van der Waals surface area contributed by atoms with Gasteiger partial charge in [0.05, 0.1) is 11.9 Å². The Hall–Kier alpha value is -1.06. The average molecular weight is 444 g/mol. The number of nitrogens with one attached hydrogen (secondary N) is 2. The molecule has 3 fully saturated rings. The van der Waals surface area contributed by atoms with E-state index in [9.17, 15) is 0 Å². The van der Waals surface area contributed by atoms with Gasteiger partial charge in [-0.3, -0.25) is 4.99 Å². The van der Waals surface area contributed by atoms with Crippen LogP contribution in [0.3, 0.4) is 0 Å². The zero-order valence-electron chi connectivity index (χ0n) is 19.3. The quantitative estimate of drug-likeness (QED) is 0.341. The first-order chi connectivity index (χ1) is 15.3. The highest BCUT2D eigenvalue weighted by atomic mass is 35.5. The minimum atomic E-state index is 0.304. The van der Waals surface area contributed by atoms with Crippen molar-refractivity contribution in [3.63, 3.8) is 0 Å². The van der Waals surface area contributed by atoms with E-state index in [4.69, 9.17) is 16.6 Å². The van der Waals surface area contributed by atoms with E-state index >= 15 is 0 Å². The fourth-order valence-corrected chi connectivity index (χ4v) is 5.90. The molecule has 0 bridgehead atoms. The van der Waals surface area contributed by atoms with Crippen molar-refractivity contribution in [3.8, 4) is 0 Å². The molecule has 0 spiro atoms. The molecule has 172 valence electrons. The predicted molar refractivity (Wildman–Crippen MR) is 133 cm³/mol. The molecule has 4 rings (SSSR count). The second-order valence-corrected chi connectivity index (χ2v) is 10.6. The first kappa shape index (κ1) is 23.1. The number of nitrogens with zero attached hydrogens (tertiary/aromatic N) is 1. The number of benzene rings is 1. The van der Waals surface area contributed by atoms with Crippen LogP contribution in [0, 0.1) is 0 Å². The van der Waals surface area contributed by atoms with Gasteiger partial charge in [-0.05, 0) is 56.2 Å². The molecule has 0 saturated heterocycles. The predicted octanol–water partition coefficient (Wildman–Crippen LogP) is 7.35. The summed E-state index contributed by atoms with van der Waals surface area (Å²) in [5, 5.41) is 8.79. The Balaban J connectivity index is 1.51. The number of amidine groups is 1. The van der Waals surface area contributed by atoms with Gasteiger partial charge in [0.1, 0.15) is 0 Å². The lowest BCUT2D eigenvalue weighted by Gasteiger charge is -2.32. The number of halogens is 1. The van der Waals surface area contributed by atoms with Gasteiger partial charge in [-0.1, -0.05) is 81.5 Å². The lowest BCUT2D eigenvalue weighted by Crippen LogP contribution is -2.41. The van der Waals surface area contributed by atoms with Crippen molar-refractivity contribution in [2.45, 2.75) is 127 Å². The van der Waals surface area contributed by atoms with Gasteiger partial charge in [-0.15, -0.1) is 0 Å². The Morgan fingerprint density at radius 2 is 1.32 bits per heavy atom. The first-order valence-electron chi connectivity index (χ1n) is 13.1. The molecular formula is C27H42ClN3. The fraction of sp³-hybridized carbons (Fsp3) is 0.741. The zero-order valence-corrected chi connectivity index (χ0v) is 20.0. The molecular weight excluding hydrogens is 402 g/mol. The van der Waals surface area contributed by atoms with E-state index in [0.29, 0.717) is 24.2 Å². The van der Waals surface area contributed by atoms with E-state index in [2.05, 4.69) is 22.8 Å². The second-order valence-electron chi connectivity index (χ2n) is 10.2. The molecule has 2 N–H and O–H groups in total. The number of rotatable bonds is 7. The normalized spacial score (nSPS) is 23.6. The largest absolute Gasteiger partial charge is 0.371 e. The number of hydrogen-bond donors (Lipinski definition) is 2. The number of hydrogen-bond acceptors (Lipinski definition) is 2. The highest BCUT2D eigenvalue weighted by Gasteiger charge is 2.24. The summed E-state index contributed by atoms with van der Waals surface area (Å²) in [6, 6.07) is 10.6. The smallest absolute Gasteiger partial charge is 0.0987 e. The van der Waals surface area contributed by atoms with Crippen molar-refractivity contribution in [2.75, 3.05) is 0 Å². The van der Waals surface area contributed by atoms with Crippen LogP contribution in [-0.4, -0.2) is 24.0 Å². The van der Waals surface area contributed by atoms with Gasteiger partial charge < -0.3 is 10.6 Å². The highest BCUT2D eigenvalue weighted by Crippen LogP contribution is 2.27. The summed E-state index contributed by atoms with van der Waals surface area (Å²) in [5.41, 5.74) is 1.34. The van der Waals surface area contributed by atoms with Crippen LogP contribution < -0.4 is 10.6 Å². The molecule has 1 atom stereocenters. The summed E-state index contributed by atoms with van der Waals surface area (Å²) in [5.74, 6) is 1.25. The van der Waals surface area contributed by atoms with Crippen molar-refractivity contribution in [3.05, 3.63) is 34.9 Å². The second kappa shape index (κ2) is 12.3. The molecule has 3 nitrogen and oxygen atoms in total. The Morgan fingerprint density at radius 1 is 0.774 bits per heavy atom. The van der Waals surface area contributed by atoms with E-state index in [1.165, 1.54) is 108 Å². The lowest BCUT2D eigenvalue weighted by atomic mass is 9.92. The summed E-state index contributed by atoms with van der Waals surface area (Å²) < 4.78 is 0. The van der Waals surface area contributed by atoms with E-state index in [1.54, 1.807) is 0 Å². The highest BCUT2D eigenvalue weighted by molar-refractivity contribution is 6.30. The molecule has 1 unspecified atom stereocenters. The van der Waals surface area contributed by atoms with Gasteiger partial charge in [-0.2, -0.15) is 0 Å². The van der Waals surface area contributed by atoms with Gasteiger partial charge >= 0.3 is 0 Å². The third-order valence-corrected chi connectivity index (χ3v) is 7.85. The van der Waals surface area contributed by atoms with Crippen LogP contribution in [0.2, 0.25) is 5.02 Å². The molecule has 3 aliphatic rings. The summed E-state index contributed by atoms with van der Waals surface area (Å²) in [6.45, 7) is 0. The monoisotopic (exact) mass is 443 g/mol. The van der Waals surface area contributed by atoms with Crippen molar-refractivity contribution in [2.24, 2.45) is 4.99 Å². The Labute approximate surface area is 194 Å². The van der Waals surface area contributed by atoms with E-state index in [0.717, 1.165) is 11.4 Å². The van der Waals surface area contributed by atoms with E-state index in [1.807, 2.05) is 12.1 Å². The van der Waals surface area contributed by atoms with E-state index in [-0.39, 0.29) is 0 Å². The molecule has 0 aliphatic heterocycles. The van der Waals surface area contributed by atoms with Crippen molar-refractivity contribution < 1.29 is 0 Å². The molecule has 4 heteroatoms. The fourth-order valence-electron chi connectivity index (χ4n) is 5.78. The van der Waals surface area contributed by atoms with Crippen LogP contribution in [0.15, 0.2) is 29.3 Å². The van der Waals surface area contributed by atoms with Crippen LogP contribution in [-0.2, 0) is 0 Å². The SMILES string of the molecule is Clc1ccc(C(CC(=NC2CCCCC2)NC2CCCCC2)NC2CCCCC2)cc1. The molecule has 1 aromatic carbocycles. The number of aliphatic imine (C=N–C) groups is 1. The topological polar surface area (TPSA) is 36.4 Å². The molecule has 0 radical (unpaired) electrons. The molecule has 1 aromatic rings. The summed E-state index contributed by atoms with van der Waals surface area (Å²) in [6.07, 6.45) is 21.0. The van der Waals surface area contributed by atoms with Crippen molar-refractivity contribution in [1.82, 2.24) is 10.6 Å². The zero-order chi connectivity index (χ0) is 21.3.